The number of rotatable bonds is 14. The van der Waals surface area contributed by atoms with Gasteiger partial charge >= 0.3 is 5.97 Å². The summed E-state index contributed by atoms with van der Waals surface area (Å²) in [6, 6.07) is 0. The molecule has 0 spiro atoms. The first kappa shape index (κ1) is 20.3. The van der Waals surface area contributed by atoms with Crippen molar-refractivity contribution in [1.82, 2.24) is 15.5 Å². The molecule has 0 atom stereocenters. The van der Waals surface area contributed by atoms with Crippen LogP contribution in [0.2, 0.25) is 0 Å². The van der Waals surface area contributed by atoms with Crippen molar-refractivity contribution < 1.29 is 22.9 Å². The molecule has 0 aliphatic heterocycles. The molecule has 0 saturated carbocycles. The fraction of sp³-hybridized carbons (Fsp3) is 0.917. The zero-order chi connectivity index (χ0) is 16.1. The molecule has 0 aliphatic carbocycles. The molecule has 0 rings (SSSR count). The van der Waals surface area contributed by atoms with Crippen LogP contribution < -0.4 is 10.6 Å². The maximum Gasteiger partial charge on any atom is 0.304 e. The average Bonchev–Trinajstić information content (AvgIpc) is 2.37. The summed E-state index contributed by atoms with van der Waals surface area (Å²) in [7, 11) is -3.91. The highest BCUT2D eigenvalue weighted by molar-refractivity contribution is 7.85. The quantitative estimate of drug-likeness (QED) is 0.243. The first-order valence-electron chi connectivity index (χ1n) is 7.16. The Kier molecular flexibility index (Phi) is 11.5. The van der Waals surface area contributed by atoms with E-state index in [-0.39, 0.29) is 12.2 Å². The molecule has 9 heteroatoms. The molecular formula is C12H27N3O5S. The van der Waals surface area contributed by atoms with Crippen LogP contribution in [0, 0.1) is 0 Å². The Balaban J connectivity index is 3.62. The van der Waals surface area contributed by atoms with Crippen LogP contribution in [0.4, 0.5) is 0 Å². The Bertz CT molecular complexity index is 375. The van der Waals surface area contributed by atoms with Crippen LogP contribution in [0.25, 0.3) is 0 Å². The molecule has 0 heterocycles. The number of hydrogen-bond donors (Lipinski definition) is 4. The highest BCUT2D eigenvalue weighted by atomic mass is 32.2. The second-order valence-electron chi connectivity index (χ2n) is 4.77. The van der Waals surface area contributed by atoms with Crippen molar-refractivity contribution in [3.63, 3.8) is 0 Å². The van der Waals surface area contributed by atoms with E-state index in [0.717, 1.165) is 19.5 Å². The number of nitrogens with zero attached hydrogens (tertiary/aromatic N) is 1. The molecule has 0 bridgehead atoms. The predicted octanol–water partition coefficient (Wildman–Crippen LogP) is -0.760. The molecule has 0 aromatic heterocycles. The van der Waals surface area contributed by atoms with Gasteiger partial charge in [-0.25, -0.2) is 0 Å². The molecule has 126 valence electrons. The molecule has 0 fully saturated rings. The summed E-state index contributed by atoms with van der Waals surface area (Å²) in [5.74, 6) is -1.06. The fourth-order valence-corrected chi connectivity index (χ4v) is 2.24. The molecule has 4 N–H and O–H groups in total. The minimum atomic E-state index is -3.91. The average molecular weight is 325 g/mol. The van der Waals surface area contributed by atoms with Gasteiger partial charge in [0.2, 0.25) is 0 Å². The van der Waals surface area contributed by atoms with Gasteiger partial charge in [-0.05, 0) is 13.0 Å². The van der Waals surface area contributed by atoms with Gasteiger partial charge in [-0.3, -0.25) is 9.35 Å². The molecule has 0 aromatic rings. The van der Waals surface area contributed by atoms with Crippen molar-refractivity contribution in [2.75, 3.05) is 51.6 Å². The van der Waals surface area contributed by atoms with Gasteiger partial charge in [0.05, 0.1) is 12.2 Å². The summed E-state index contributed by atoms with van der Waals surface area (Å²) < 4.78 is 30.2. The van der Waals surface area contributed by atoms with E-state index in [1.165, 1.54) is 0 Å². The van der Waals surface area contributed by atoms with Crippen molar-refractivity contribution in [3.05, 3.63) is 0 Å². The maximum absolute atomic E-state index is 10.7. The van der Waals surface area contributed by atoms with Gasteiger partial charge in [-0.15, -0.1) is 0 Å². The normalized spacial score (nSPS) is 12.0. The SMILES string of the molecule is CCCN(CCNCCNCCC(=O)O)CCS(=O)(=O)O. The molecular weight excluding hydrogens is 298 g/mol. The molecule has 0 aromatic carbocycles. The van der Waals surface area contributed by atoms with E-state index in [1.54, 1.807) is 0 Å². The largest absolute Gasteiger partial charge is 0.481 e. The second kappa shape index (κ2) is 11.9. The van der Waals surface area contributed by atoms with E-state index in [9.17, 15) is 13.2 Å². The third-order valence-corrected chi connectivity index (χ3v) is 3.50. The molecule has 8 nitrogen and oxygen atoms in total. The van der Waals surface area contributed by atoms with E-state index in [0.29, 0.717) is 32.7 Å². The third-order valence-electron chi connectivity index (χ3n) is 2.80. The number of aliphatic carboxylic acids is 1. The van der Waals surface area contributed by atoms with Crippen LogP contribution in [-0.2, 0) is 14.9 Å². The summed E-state index contributed by atoms with van der Waals surface area (Å²) in [6.07, 6.45) is 1.03. The second-order valence-corrected chi connectivity index (χ2v) is 6.34. The highest BCUT2D eigenvalue weighted by Crippen LogP contribution is 1.93. The highest BCUT2D eigenvalue weighted by Gasteiger charge is 2.09. The van der Waals surface area contributed by atoms with Crippen molar-refractivity contribution in [1.29, 1.82) is 0 Å². The number of hydrogen-bond acceptors (Lipinski definition) is 6. The van der Waals surface area contributed by atoms with Crippen LogP contribution >= 0.6 is 0 Å². The van der Waals surface area contributed by atoms with Gasteiger partial charge in [-0.1, -0.05) is 6.92 Å². The van der Waals surface area contributed by atoms with Gasteiger partial charge in [0.1, 0.15) is 0 Å². The molecule has 0 saturated heterocycles. The van der Waals surface area contributed by atoms with E-state index < -0.39 is 16.1 Å². The molecule has 0 unspecified atom stereocenters. The van der Waals surface area contributed by atoms with Gasteiger partial charge in [0.15, 0.2) is 0 Å². The fourth-order valence-electron chi connectivity index (χ4n) is 1.76. The number of nitrogens with one attached hydrogen (secondary N) is 2. The Morgan fingerprint density at radius 2 is 1.67 bits per heavy atom. The van der Waals surface area contributed by atoms with Crippen molar-refractivity contribution >= 4 is 16.1 Å². The first-order chi connectivity index (χ1) is 9.85. The topological polar surface area (TPSA) is 119 Å². The van der Waals surface area contributed by atoms with Crippen LogP contribution in [-0.4, -0.2) is 80.5 Å². The first-order valence-corrected chi connectivity index (χ1v) is 8.77. The maximum atomic E-state index is 10.7. The summed E-state index contributed by atoms with van der Waals surface area (Å²) in [6.45, 7) is 6.40. The van der Waals surface area contributed by atoms with Crippen molar-refractivity contribution in [2.24, 2.45) is 0 Å². The van der Waals surface area contributed by atoms with Crippen LogP contribution in [0.5, 0.6) is 0 Å². The van der Waals surface area contributed by atoms with Crippen LogP contribution in [0.15, 0.2) is 0 Å². The summed E-state index contributed by atoms with van der Waals surface area (Å²) >= 11 is 0. The molecule has 21 heavy (non-hydrogen) atoms. The number of carboxylic acids is 1. The lowest BCUT2D eigenvalue weighted by atomic mass is 10.4. The minimum absolute atomic E-state index is 0.111. The number of carboxylic acid groups (broad SMARTS) is 1. The summed E-state index contributed by atoms with van der Waals surface area (Å²) in [5.41, 5.74) is 0. The Labute approximate surface area is 126 Å². The van der Waals surface area contributed by atoms with Crippen LogP contribution in [0.1, 0.15) is 19.8 Å². The third kappa shape index (κ3) is 15.5. The summed E-state index contributed by atoms with van der Waals surface area (Å²) in [5, 5.41) is 14.7. The standard InChI is InChI=1S/C12H27N3O5S/c1-2-8-15(10-11-21(18,19)20)9-7-14-6-5-13-4-3-12(16)17/h13-14H,2-11H2,1H3,(H,16,17)(H,18,19,20). The zero-order valence-corrected chi connectivity index (χ0v) is 13.4. The van der Waals surface area contributed by atoms with Gasteiger partial charge in [0.25, 0.3) is 10.1 Å². The lowest BCUT2D eigenvalue weighted by Crippen LogP contribution is -2.37. The Hall–Kier alpha value is -0.740. The number of carbonyl (C=O) groups is 1. The smallest absolute Gasteiger partial charge is 0.304 e. The predicted molar refractivity (Wildman–Crippen MR) is 81.1 cm³/mol. The molecule has 0 amide bonds. The van der Waals surface area contributed by atoms with Crippen molar-refractivity contribution in [2.45, 2.75) is 19.8 Å². The minimum Gasteiger partial charge on any atom is -0.481 e. The lowest BCUT2D eigenvalue weighted by molar-refractivity contribution is -0.136. The molecule has 0 radical (unpaired) electrons. The molecule has 0 aliphatic rings. The summed E-state index contributed by atoms with van der Waals surface area (Å²) in [4.78, 5) is 12.3. The Morgan fingerprint density at radius 3 is 2.19 bits per heavy atom. The monoisotopic (exact) mass is 325 g/mol. The van der Waals surface area contributed by atoms with E-state index >= 15 is 0 Å². The van der Waals surface area contributed by atoms with Gasteiger partial charge in [0, 0.05) is 39.3 Å². The van der Waals surface area contributed by atoms with Gasteiger partial charge in [-0.2, -0.15) is 8.42 Å². The lowest BCUT2D eigenvalue weighted by Gasteiger charge is -2.21. The van der Waals surface area contributed by atoms with E-state index in [1.807, 2.05) is 11.8 Å². The van der Waals surface area contributed by atoms with Crippen molar-refractivity contribution in [3.8, 4) is 0 Å². The van der Waals surface area contributed by atoms with Gasteiger partial charge < -0.3 is 20.6 Å². The van der Waals surface area contributed by atoms with E-state index in [2.05, 4.69) is 10.6 Å². The zero-order valence-electron chi connectivity index (χ0n) is 12.5. The Morgan fingerprint density at radius 1 is 1.05 bits per heavy atom. The van der Waals surface area contributed by atoms with E-state index in [4.69, 9.17) is 9.66 Å². The van der Waals surface area contributed by atoms with Crippen LogP contribution in [0.3, 0.4) is 0 Å².